The van der Waals surface area contributed by atoms with E-state index >= 15 is 0 Å². The summed E-state index contributed by atoms with van der Waals surface area (Å²) in [6.07, 6.45) is 8.01. The molecule has 0 saturated carbocycles. The highest BCUT2D eigenvalue weighted by molar-refractivity contribution is 5.25. The zero-order chi connectivity index (χ0) is 9.52. The molecule has 13 heavy (non-hydrogen) atoms. The number of hydrogen-bond donors (Lipinski definition) is 1. The van der Waals surface area contributed by atoms with E-state index in [9.17, 15) is 0 Å². The van der Waals surface area contributed by atoms with E-state index in [1.165, 1.54) is 12.8 Å². The quantitative estimate of drug-likeness (QED) is 0.536. The van der Waals surface area contributed by atoms with Crippen molar-refractivity contribution in [1.29, 1.82) is 0 Å². The summed E-state index contributed by atoms with van der Waals surface area (Å²) >= 11 is 0. The molecule has 1 rings (SSSR count). The normalized spacial score (nSPS) is 9.92. The second kappa shape index (κ2) is 5.41. The zero-order valence-electron chi connectivity index (χ0n) is 8.16. The molecule has 0 unspecified atom stereocenters. The molecule has 1 N–H and O–H groups in total. The Bertz CT molecular complexity index is 252. The third-order valence-corrected chi connectivity index (χ3v) is 1.85. The molecule has 0 aliphatic rings. The fraction of sp³-hybridized carbons (Fsp3) is 0.500. The molecule has 0 aliphatic heterocycles. The van der Waals surface area contributed by atoms with Crippen LogP contribution in [0.2, 0.25) is 0 Å². The van der Waals surface area contributed by atoms with Gasteiger partial charge in [0.05, 0.1) is 0 Å². The van der Waals surface area contributed by atoms with E-state index in [0.717, 1.165) is 19.0 Å². The van der Waals surface area contributed by atoms with Gasteiger partial charge >= 0.3 is 0 Å². The van der Waals surface area contributed by atoms with Crippen molar-refractivity contribution < 1.29 is 0 Å². The Kier molecular flexibility index (Phi) is 4.09. The highest BCUT2D eigenvalue weighted by Gasteiger charge is 1.98. The molecule has 0 bridgehead atoms. The van der Waals surface area contributed by atoms with Gasteiger partial charge in [0, 0.05) is 25.5 Å². The second-order valence-corrected chi connectivity index (χ2v) is 2.97. The Hall–Kier alpha value is -1.25. The van der Waals surface area contributed by atoms with Gasteiger partial charge in [-0.25, -0.2) is 4.98 Å². The molecule has 72 valence electrons. The van der Waals surface area contributed by atoms with E-state index < -0.39 is 0 Å². The molecule has 0 atom stereocenters. The Morgan fingerprint density at radius 2 is 2.54 bits per heavy atom. The van der Waals surface area contributed by atoms with Crippen molar-refractivity contribution >= 4 is 5.95 Å². The summed E-state index contributed by atoms with van der Waals surface area (Å²) in [5.41, 5.74) is 0. The first-order chi connectivity index (χ1) is 6.38. The number of unbranched alkanes of at least 4 members (excludes halogenated alkanes) is 1. The molecule has 0 spiro atoms. The SMILES string of the molecule is C=CCn1ccnc1NCCCC. The molecular formula is C10H17N3. The average Bonchev–Trinajstić information content (AvgIpc) is 2.54. The second-order valence-electron chi connectivity index (χ2n) is 2.97. The fourth-order valence-electron chi connectivity index (χ4n) is 1.14. The van der Waals surface area contributed by atoms with Gasteiger partial charge in [0.25, 0.3) is 0 Å². The lowest BCUT2D eigenvalue weighted by atomic mass is 10.3. The van der Waals surface area contributed by atoms with E-state index in [2.05, 4.69) is 23.8 Å². The molecule has 0 amide bonds. The van der Waals surface area contributed by atoms with Crippen LogP contribution in [-0.4, -0.2) is 16.1 Å². The molecule has 0 fully saturated rings. The smallest absolute Gasteiger partial charge is 0.203 e. The van der Waals surface area contributed by atoms with Crippen molar-refractivity contribution in [2.24, 2.45) is 0 Å². The van der Waals surface area contributed by atoms with Gasteiger partial charge < -0.3 is 9.88 Å². The number of nitrogens with one attached hydrogen (secondary N) is 1. The molecule has 1 aromatic heterocycles. The van der Waals surface area contributed by atoms with E-state index in [1.807, 2.05) is 16.8 Å². The lowest BCUT2D eigenvalue weighted by molar-refractivity contribution is 0.788. The highest BCUT2D eigenvalue weighted by Crippen LogP contribution is 2.04. The van der Waals surface area contributed by atoms with Gasteiger partial charge in [0.1, 0.15) is 0 Å². The summed E-state index contributed by atoms with van der Waals surface area (Å²) in [5, 5.41) is 3.28. The largest absolute Gasteiger partial charge is 0.356 e. The Morgan fingerprint density at radius 1 is 1.69 bits per heavy atom. The number of rotatable bonds is 6. The standard InChI is InChI=1S/C10H17N3/c1-3-5-6-11-10-12-7-9-13(10)8-4-2/h4,7,9H,2-3,5-6,8H2,1H3,(H,11,12). The number of hydrogen-bond acceptors (Lipinski definition) is 2. The summed E-state index contributed by atoms with van der Waals surface area (Å²) in [4.78, 5) is 4.21. The molecule has 3 heteroatoms. The van der Waals surface area contributed by atoms with Crippen LogP contribution < -0.4 is 5.32 Å². The van der Waals surface area contributed by atoms with Gasteiger partial charge in [-0.2, -0.15) is 0 Å². The number of allylic oxidation sites excluding steroid dienone is 1. The van der Waals surface area contributed by atoms with Crippen LogP contribution >= 0.6 is 0 Å². The summed E-state index contributed by atoms with van der Waals surface area (Å²) in [6, 6.07) is 0. The topological polar surface area (TPSA) is 29.9 Å². The third kappa shape index (κ3) is 2.93. The van der Waals surface area contributed by atoms with Crippen LogP contribution in [-0.2, 0) is 6.54 Å². The molecule has 3 nitrogen and oxygen atoms in total. The Balaban J connectivity index is 2.44. The third-order valence-electron chi connectivity index (χ3n) is 1.85. The van der Waals surface area contributed by atoms with Crippen LogP contribution in [0.3, 0.4) is 0 Å². The molecule has 0 saturated heterocycles. The number of aromatic nitrogens is 2. The van der Waals surface area contributed by atoms with Gasteiger partial charge in [-0.15, -0.1) is 6.58 Å². The summed E-state index contributed by atoms with van der Waals surface area (Å²) in [6.45, 7) is 7.68. The maximum absolute atomic E-state index is 4.21. The van der Waals surface area contributed by atoms with Crippen LogP contribution in [0.5, 0.6) is 0 Å². The van der Waals surface area contributed by atoms with Crippen LogP contribution in [0.15, 0.2) is 25.0 Å². The Labute approximate surface area is 79.5 Å². The van der Waals surface area contributed by atoms with Crippen molar-refractivity contribution in [1.82, 2.24) is 9.55 Å². The van der Waals surface area contributed by atoms with Crippen LogP contribution in [0.25, 0.3) is 0 Å². The first-order valence-corrected chi connectivity index (χ1v) is 4.74. The van der Waals surface area contributed by atoms with Crippen LogP contribution in [0.1, 0.15) is 19.8 Å². The molecule has 0 aromatic carbocycles. The van der Waals surface area contributed by atoms with Crippen molar-refractivity contribution in [3.8, 4) is 0 Å². The lowest BCUT2D eigenvalue weighted by Crippen LogP contribution is -2.07. The van der Waals surface area contributed by atoms with Crippen LogP contribution in [0, 0.1) is 0 Å². The van der Waals surface area contributed by atoms with Gasteiger partial charge in [-0.1, -0.05) is 19.4 Å². The maximum atomic E-state index is 4.21. The Morgan fingerprint density at radius 3 is 3.23 bits per heavy atom. The van der Waals surface area contributed by atoms with E-state index in [0.29, 0.717) is 0 Å². The first kappa shape index (κ1) is 9.84. The summed E-state index contributed by atoms with van der Waals surface area (Å²) < 4.78 is 2.04. The molecule has 0 aliphatic carbocycles. The van der Waals surface area contributed by atoms with E-state index in [1.54, 1.807) is 6.20 Å². The van der Waals surface area contributed by atoms with Gasteiger partial charge in [0.15, 0.2) is 0 Å². The molecule has 0 radical (unpaired) electrons. The summed E-state index contributed by atoms with van der Waals surface area (Å²) in [5.74, 6) is 0.938. The molecule has 1 heterocycles. The highest BCUT2D eigenvalue weighted by atomic mass is 15.2. The van der Waals surface area contributed by atoms with Crippen molar-refractivity contribution in [2.75, 3.05) is 11.9 Å². The predicted molar refractivity (Wildman–Crippen MR) is 55.8 cm³/mol. The van der Waals surface area contributed by atoms with Crippen LogP contribution in [0.4, 0.5) is 5.95 Å². The first-order valence-electron chi connectivity index (χ1n) is 4.74. The fourth-order valence-corrected chi connectivity index (χ4v) is 1.14. The van der Waals surface area contributed by atoms with E-state index in [-0.39, 0.29) is 0 Å². The number of anilines is 1. The minimum absolute atomic E-state index is 0.814. The minimum atomic E-state index is 0.814. The number of nitrogens with zero attached hydrogens (tertiary/aromatic N) is 2. The maximum Gasteiger partial charge on any atom is 0.203 e. The minimum Gasteiger partial charge on any atom is -0.356 e. The van der Waals surface area contributed by atoms with Crippen molar-refractivity contribution in [3.63, 3.8) is 0 Å². The predicted octanol–water partition coefficient (Wildman–Crippen LogP) is 2.28. The van der Waals surface area contributed by atoms with Gasteiger partial charge in [-0.05, 0) is 6.42 Å². The average molecular weight is 179 g/mol. The van der Waals surface area contributed by atoms with Gasteiger partial charge in [-0.3, -0.25) is 0 Å². The molecular weight excluding hydrogens is 162 g/mol. The van der Waals surface area contributed by atoms with E-state index in [4.69, 9.17) is 0 Å². The van der Waals surface area contributed by atoms with Gasteiger partial charge in [0.2, 0.25) is 5.95 Å². The monoisotopic (exact) mass is 179 g/mol. The molecule has 1 aromatic rings. The zero-order valence-corrected chi connectivity index (χ0v) is 8.16. The van der Waals surface area contributed by atoms with Crippen molar-refractivity contribution in [3.05, 3.63) is 25.0 Å². The lowest BCUT2D eigenvalue weighted by Gasteiger charge is -2.06. The number of imidazole rings is 1. The van der Waals surface area contributed by atoms with Crippen molar-refractivity contribution in [2.45, 2.75) is 26.3 Å². The summed E-state index contributed by atoms with van der Waals surface area (Å²) in [7, 11) is 0.